The summed E-state index contributed by atoms with van der Waals surface area (Å²) in [5.74, 6) is 0.604. The first-order valence-electron chi connectivity index (χ1n) is 6.48. The molecule has 21 heavy (non-hydrogen) atoms. The van der Waals surface area contributed by atoms with E-state index in [1.165, 1.54) is 11.8 Å². The van der Waals surface area contributed by atoms with E-state index in [9.17, 15) is 4.79 Å². The predicted octanol–water partition coefficient (Wildman–Crippen LogP) is 1.90. The van der Waals surface area contributed by atoms with Gasteiger partial charge in [-0.1, -0.05) is 29.5 Å². The summed E-state index contributed by atoms with van der Waals surface area (Å²) < 4.78 is 10.4. The van der Waals surface area contributed by atoms with Gasteiger partial charge in [-0.05, 0) is 19.1 Å². The molecular weight excluding hydrogens is 290 g/mol. The van der Waals surface area contributed by atoms with Crippen LogP contribution in [0.25, 0.3) is 11.5 Å². The molecular formula is C14H17N3O3S. The summed E-state index contributed by atoms with van der Waals surface area (Å²) in [5, 5.41) is 11.0. The van der Waals surface area contributed by atoms with Crippen molar-refractivity contribution in [2.75, 3.05) is 26.0 Å². The predicted molar refractivity (Wildman–Crippen MR) is 80.1 cm³/mol. The number of amides is 1. The zero-order chi connectivity index (χ0) is 15.1. The molecule has 0 radical (unpaired) electrons. The minimum Gasteiger partial charge on any atom is -0.411 e. The van der Waals surface area contributed by atoms with E-state index < -0.39 is 0 Å². The van der Waals surface area contributed by atoms with Crippen molar-refractivity contribution in [1.82, 2.24) is 15.5 Å². The fourth-order valence-corrected chi connectivity index (χ4v) is 2.23. The lowest BCUT2D eigenvalue weighted by atomic mass is 10.1. The Hall–Kier alpha value is -1.86. The molecule has 2 rings (SSSR count). The molecule has 0 atom stereocenters. The standard InChI is InChI=1S/C14H17N3O3S/c1-10-4-3-5-11(8-10)13-16-17-14(20-13)21-9-12(18)15-6-7-19-2/h3-5,8H,6-7,9H2,1-2H3,(H,15,18). The van der Waals surface area contributed by atoms with Gasteiger partial charge in [0.15, 0.2) is 0 Å². The van der Waals surface area contributed by atoms with E-state index in [4.69, 9.17) is 9.15 Å². The topological polar surface area (TPSA) is 77.2 Å². The highest BCUT2D eigenvalue weighted by atomic mass is 32.2. The molecule has 6 nitrogen and oxygen atoms in total. The van der Waals surface area contributed by atoms with E-state index in [1.54, 1.807) is 7.11 Å². The minimum absolute atomic E-state index is 0.0904. The normalized spacial score (nSPS) is 10.6. The Balaban J connectivity index is 1.87. The summed E-state index contributed by atoms with van der Waals surface area (Å²) in [7, 11) is 1.59. The van der Waals surface area contributed by atoms with Crippen molar-refractivity contribution in [3.05, 3.63) is 29.8 Å². The zero-order valence-corrected chi connectivity index (χ0v) is 12.8. The van der Waals surface area contributed by atoms with Gasteiger partial charge in [-0.25, -0.2) is 0 Å². The van der Waals surface area contributed by atoms with Crippen LogP contribution >= 0.6 is 11.8 Å². The van der Waals surface area contributed by atoms with Crippen molar-refractivity contribution in [3.63, 3.8) is 0 Å². The number of nitrogens with one attached hydrogen (secondary N) is 1. The van der Waals surface area contributed by atoms with E-state index in [0.717, 1.165) is 11.1 Å². The van der Waals surface area contributed by atoms with Crippen LogP contribution in [0.15, 0.2) is 33.9 Å². The van der Waals surface area contributed by atoms with Crippen molar-refractivity contribution < 1.29 is 13.9 Å². The Morgan fingerprint density at radius 3 is 3.05 bits per heavy atom. The molecule has 0 aliphatic rings. The lowest BCUT2D eigenvalue weighted by molar-refractivity contribution is -0.118. The van der Waals surface area contributed by atoms with Crippen LogP contribution in [0, 0.1) is 6.92 Å². The minimum atomic E-state index is -0.0904. The van der Waals surface area contributed by atoms with Gasteiger partial charge in [-0.15, -0.1) is 10.2 Å². The summed E-state index contributed by atoms with van der Waals surface area (Å²) in [4.78, 5) is 11.5. The summed E-state index contributed by atoms with van der Waals surface area (Å²) >= 11 is 1.21. The zero-order valence-electron chi connectivity index (χ0n) is 12.0. The third-order valence-corrected chi connectivity index (χ3v) is 3.45. The van der Waals surface area contributed by atoms with Crippen molar-refractivity contribution in [3.8, 4) is 11.5 Å². The largest absolute Gasteiger partial charge is 0.411 e. The number of aromatic nitrogens is 2. The van der Waals surface area contributed by atoms with E-state index in [0.29, 0.717) is 24.3 Å². The van der Waals surface area contributed by atoms with Crippen LogP contribution in [0.3, 0.4) is 0 Å². The Morgan fingerprint density at radius 2 is 2.29 bits per heavy atom. The average Bonchev–Trinajstić information content (AvgIpc) is 2.94. The molecule has 2 aromatic rings. The fourth-order valence-electron chi connectivity index (χ4n) is 1.63. The van der Waals surface area contributed by atoms with E-state index in [1.807, 2.05) is 31.2 Å². The van der Waals surface area contributed by atoms with Gasteiger partial charge in [0, 0.05) is 19.2 Å². The summed E-state index contributed by atoms with van der Waals surface area (Å²) in [5.41, 5.74) is 2.00. The number of carbonyl (C=O) groups is 1. The number of carbonyl (C=O) groups excluding carboxylic acids is 1. The van der Waals surface area contributed by atoms with Crippen molar-refractivity contribution in [2.24, 2.45) is 0 Å². The molecule has 1 heterocycles. The summed E-state index contributed by atoms with van der Waals surface area (Å²) in [6.07, 6.45) is 0. The van der Waals surface area contributed by atoms with Crippen LogP contribution in [-0.4, -0.2) is 42.1 Å². The summed E-state index contributed by atoms with van der Waals surface area (Å²) in [6.45, 7) is 2.99. The van der Waals surface area contributed by atoms with Gasteiger partial charge in [-0.3, -0.25) is 4.79 Å². The molecule has 0 bridgehead atoms. The van der Waals surface area contributed by atoms with Gasteiger partial charge >= 0.3 is 0 Å². The van der Waals surface area contributed by atoms with E-state index >= 15 is 0 Å². The maximum Gasteiger partial charge on any atom is 0.277 e. The van der Waals surface area contributed by atoms with Gasteiger partial charge in [0.2, 0.25) is 11.8 Å². The quantitative estimate of drug-likeness (QED) is 0.622. The Bertz CT molecular complexity index is 601. The van der Waals surface area contributed by atoms with Gasteiger partial charge < -0.3 is 14.5 Å². The maximum absolute atomic E-state index is 11.5. The highest BCUT2D eigenvalue weighted by molar-refractivity contribution is 7.99. The molecule has 1 aromatic heterocycles. The van der Waals surface area contributed by atoms with Crippen molar-refractivity contribution in [2.45, 2.75) is 12.1 Å². The molecule has 0 unspecified atom stereocenters. The van der Waals surface area contributed by atoms with Gasteiger partial charge in [0.1, 0.15) is 0 Å². The first-order valence-corrected chi connectivity index (χ1v) is 7.46. The van der Waals surface area contributed by atoms with Crippen LogP contribution in [0.2, 0.25) is 0 Å². The van der Waals surface area contributed by atoms with Crippen LogP contribution in [0.4, 0.5) is 0 Å². The number of aryl methyl sites for hydroxylation is 1. The molecule has 1 amide bonds. The molecule has 7 heteroatoms. The first kappa shape index (κ1) is 15.5. The third kappa shape index (κ3) is 4.87. The molecule has 1 N–H and O–H groups in total. The van der Waals surface area contributed by atoms with Crippen molar-refractivity contribution >= 4 is 17.7 Å². The van der Waals surface area contributed by atoms with Crippen LogP contribution in [0.1, 0.15) is 5.56 Å². The highest BCUT2D eigenvalue weighted by Gasteiger charge is 2.11. The molecule has 0 fully saturated rings. The number of methoxy groups -OCH3 is 1. The van der Waals surface area contributed by atoms with Gasteiger partial charge in [0.05, 0.1) is 12.4 Å². The monoisotopic (exact) mass is 307 g/mol. The highest BCUT2D eigenvalue weighted by Crippen LogP contribution is 2.23. The average molecular weight is 307 g/mol. The lowest BCUT2D eigenvalue weighted by Crippen LogP contribution is -2.28. The second kappa shape index (κ2) is 7.80. The number of nitrogens with zero attached hydrogens (tertiary/aromatic N) is 2. The van der Waals surface area contributed by atoms with Crippen LogP contribution in [-0.2, 0) is 9.53 Å². The lowest BCUT2D eigenvalue weighted by Gasteiger charge is -2.02. The number of hydrogen-bond acceptors (Lipinski definition) is 6. The van der Waals surface area contributed by atoms with Crippen LogP contribution in [0.5, 0.6) is 0 Å². The molecule has 0 aliphatic carbocycles. The number of benzene rings is 1. The first-order chi connectivity index (χ1) is 10.2. The van der Waals surface area contributed by atoms with Crippen LogP contribution < -0.4 is 5.32 Å². The third-order valence-electron chi connectivity index (χ3n) is 2.63. The molecule has 0 saturated heterocycles. The molecule has 0 aliphatic heterocycles. The number of hydrogen-bond donors (Lipinski definition) is 1. The number of rotatable bonds is 7. The molecule has 112 valence electrons. The number of ether oxygens (including phenoxy) is 1. The van der Waals surface area contributed by atoms with E-state index in [2.05, 4.69) is 15.5 Å². The fraction of sp³-hybridized carbons (Fsp3) is 0.357. The Labute approximate surface area is 127 Å². The SMILES string of the molecule is COCCNC(=O)CSc1nnc(-c2cccc(C)c2)o1. The number of thioether (sulfide) groups is 1. The second-order valence-electron chi connectivity index (χ2n) is 4.37. The Kier molecular flexibility index (Phi) is 5.77. The molecule has 0 saturated carbocycles. The molecule has 0 spiro atoms. The maximum atomic E-state index is 11.5. The van der Waals surface area contributed by atoms with E-state index in [-0.39, 0.29) is 11.7 Å². The Morgan fingerprint density at radius 1 is 1.43 bits per heavy atom. The van der Waals surface area contributed by atoms with Crippen molar-refractivity contribution in [1.29, 1.82) is 0 Å². The van der Waals surface area contributed by atoms with Gasteiger partial charge in [-0.2, -0.15) is 0 Å². The summed E-state index contributed by atoms with van der Waals surface area (Å²) in [6, 6.07) is 7.82. The second-order valence-corrected chi connectivity index (χ2v) is 5.30. The molecule has 1 aromatic carbocycles. The smallest absolute Gasteiger partial charge is 0.277 e. The van der Waals surface area contributed by atoms with Gasteiger partial charge in [0.25, 0.3) is 5.22 Å².